The molecule has 1 unspecified atom stereocenters. The SMILES string of the molecule is NC(c1nccs1)c1ccccc1O. The molecule has 1 heterocycles. The van der Waals surface area contributed by atoms with Crippen LogP contribution >= 0.6 is 11.3 Å². The number of aromatic nitrogens is 1. The maximum atomic E-state index is 9.58. The molecule has 4 heteroatoms. The summed E-state index contributed by atoms with van der Waals surface area (Å²) in [5, 5.41) is 12.3. The summed E-state index contributed by atoms with van der Waals surface area (Å²) in [4.78, 5) is 4.12. The van der Waals surface area contributed by atoms with Gasteiger partial charge in [0.2, 0.25) is 0 Å². The molecule has 0 amide bonds. The first kappa shape index (κ1) is 9.18. The van der Waals surface area contributed by atoms with E-state index in [1.54, 1.807) is 24.4 Å². The van der Waals surface area contributed by atoms with Gasteiger partial charge < -0.3 is 10.8 Å². The van der Waals surface area contributed by atoms with Crippen molar-refractivity contribution in [3.05, 3.63) is 46.4 Å². The van der Waals surface area contributed by atoms with Gasteiger partial charge in [0.25, 0.3) is 0 Å². The van der Waals surface area contributed by atoms with Gasteiger partial charge in [0.05, 0.1) is 6.04 Å². The van der Waals surface area contributed by atoms with Crippen LogP contribution in [0, 0.1) is 0 Å². The largest absolute Gasteiger partial charge is 0.508 e. The Balaban J connectivity index is 2.37. The molecule has 3 N–H and O–H groups in total. The Morgan fingerprint density at radius 1 is 1.36 bits per heavy atom. The maximum absolute atomic E-state index is 9.58. The third-order valence-corrected chi connectivity index (χ3v) is 2.85. The van der Waals surface area contributed by atoms with Crippen LogP contribution in [0.15, 0.2) is 35.8 Å². The van der Waals surface area contributed by atoms with Gasteiger partial charge in [-0.3, -0.25) is 0 Å². The standard InChI is InChI=1S/C10H10N2OS/c11-9(10-12-5-6-14-10)7-3-1-2-4-8(7)13/h1-6,9,13H,11H2. The average Bonchev–Trinajstić information content (AvgIpc) is 2.70. The molecule has 1 aromatic heterocycles. The fourth-order valence-corrected chi connectivity index (χ4v) is 1.93. The molecule has 0 radical (unpaired) electrons. The highest BCUT2D eigenvalue weighted by Gasteiger charge is 2.14. The van der Waals surface area contributed by atoms with E-state index < -0.39 is 0 Å². The molecule has 3 nitrogen and oxygen atoms in total. The molecule has 0 spiro atoms. The van der Waals surface area contributed by atoms with E-state index in [4.69, 9.17) is 5.73 Å². The third-order valence-electron chi connectivity index (χ3n) is 1.99. The summed E-state index contributed by atoms with van der Waals surface area (Å²) in [6.45, 7) is 0. The van der Waals surface area contributed by atoms with Gasteiger partial charge >= 0.3 is 0 Å². The molecule has 0 saturated carbocycles. The fraction of sp³-hybridized carbons (Fsp3) is 0.100. The number of aromatic hydroxyl groups is 1. The number of rotatable bonds is 2. The highest BCUT2D eigenvalue weighted by Crippen LogP contribution is 2.27. The van der Waals surface area contributed by atoms with Crippen molar-refractivity contribution in [1.29, 1.82) is 0 Å². The lowest BCUT2D eigenvalue weighted by Gasteiger charge is -2.10. The first-order chi connectivity index (χ1) is 6.79. The Morgan fingerprint density at radius 2 is 2.14 bits per heavy atom. The number of benzene rings is 1. The summed E-state index contributed by atoms with van der Waals surface area (Å²) in [5.74, 6) is 0.218. The van der Waals surface area contributed by atoms with Crippen LogP contribution in [0.4, 0.5) is 0 Å². The fourth-order valence-electron chi connectivity index (χ4n) is 1.27. The Kier molecular flexibility index (Phi) is 2.47. The minimum Gasteiger partial charge on any atom is -0.508 e. The van der Waals surface area contributed by atoms with E-state index in [2.05, 4.69) is 4.98 Å². The summed E-state index contributed by atoms with van der Waals surface area (Å²) in [6.07, 6.45) is 1.71. The average molecular weight is 206 g/mol. The zero-order valence-corrected chi connectivity index (χ0v) is 8.24. The van der Waals surface area contributed by atoms with Crippen LogP contribution in [0.3, 0.4) is 0 Å². The number of hydrogen-bond acceptors (Lipinski definition) is 4. The number of phenols is 1. The Bertz CT molecular complexity index is 414. The van der Waals surface area contributed by atoms with Crippen LogP contribution in [-0.2, 0) is 0 Å². The van der Waals surface area contributed by atoms with Gasteiger partial charge in [-0.1, -0.05) is 18.2 Å². The van der Waals surface area contributed by atoms with Crippen LogP contribution in [0.2, 0.25) is 0 Å². The van der Waals surface area contributed by atoms with Gasteiger partial charge in [-0.15, -0.1) is 11.3 Å². The number of thiazole rings is 1. The van der Waals surface area contributed by atoms with Crippen molar-refractivity contribution in [1.82, 2.24) is 4.98 Å². The van der Waals surface area contributed by atoms with E-state index in [0.29, 0.717) is 5.56 Å². The zero-order chi connectivity index (χ0) is 9.97. The lowest BCUT2D eigenvalue weighted by molar-refractivity contribution is 0.465. The van der Waals surface area contributed by atoms with E-state index in [-0.39, 0.29) is 11.8 Å². The van der Waals surface area contributed by atoms with Crippen LogP contribution in [0.5, 0.6) is 5.75 Å². The molecule has 2 aromatic rings. The van der Waals surface area contributed by atoms with E-state index in [1.807, 2.05) is 11.4 Å². The molecule has 72 valence electrons. The van der Waals surface area contributed by atoms with Gasteiger partial charge in [-0.25, -0.2) is 4.98 Å². The second kappa shape index (κ2) is 3.77. The number of nitrogens with two attached hydrogens (primary N) is 1. The first-order valence-corrected chi connectivity index (χ1v) is 5.10. The molecule has 0 aliphatic carbocycles. The summed E-state index contributed by atoms with van der Waals surface area (Å²) >= 11 is 1.49. The lowest BCUT2D eigenvalue weighted by Crippen LogP contribution is -2.11. The number of hydrogen-bond donors (Lipinski definition) is 2. The van der Waals surface area contributed by atoms with Gasteiger partial charge in [0, 0.05) is 17.1 Å². The predicted octanol–water partition coefficient (Wildman–Crippen LogP) is 1.90. The van der Waals surface area contributed by atoms with Crippen LogP contribution in [0.25, 0.3) is 0 Å². The Labute approximate surface area is 85.8 Å². The van der Waals surface area contributed by atoms with E-state index in [1.165, 1.54) is 11.3 Å². The lowest BCUT2D eigenvalue weighted by atomic mass is 10.1. The minimum absolute atomic E-state index is 0.218. The second-order valence-electron chi connectivity index (χ2n) is 2.91. The smallest absolute Gasteiger partial charge is 0.120 e. The molecular formula is C10H10N2OS. The van der Waals surface area contributed by atoms with Crippen molar-refractivity contribution in [3.8, 4) is 5.75 Å². The summed E-state index contributed by atoms with van der Waals surface area (Å²) < 4.78 is 0. The quantitative estimate of drug-likeness (QED) is 0.789. The topological polar surface area (TPSA) is 59.1 Å². The molecule has 2 rings (SSSR count). The molecule has 0 saturated heterocycles. The van der Waals surface area contributed by atoms with Crippen molar-refractivity contribution in [2.24, 2.45) is 5.73 Å². The van der Waals surface area contributed by atoms with Crippen molar-refractivity contribution in [2.45, 2.75) is 6.04 Å². The van der Waals surface area contributed by atoms with Crippen molar-refractivity contribution >= 4 is 11.3 Å². The molecule has 1 atom stereocenters. The van der Waals surface area contributed by atoms with Gasteiger partial charge in [0.1, 0.15) is 10.8 Å². The van der Waals surface area contributed by atoms with Crippen molar-refractivity contribution < 1.29 is 5.11 Å². The summed E-state index contributed by atoms with van der Waals surface area (Å²) in [5.41, 5.74) is 6.66. The van der Waals surface area contributed by atoms with Crippen LogP contribution < -0.4 is 5.73 Å². The molecule has 1 aromatic carbocycles. The maximum Gasteiger partial charge on any atom is 0.120 e. The van der Waals surface area contributed by atoms with Gasteiger partial charge in [-0.2, -0.15) is 0 Å². The minimum atomic E-state index is -0.337. The second-order valence-corrected chi connectivity index (χ2v) is 3.83. The molecular weight excluding hydrogens is 196 g/mol. The predicted molar refractivity (Wildman–Crippen MR) is 56.3 cm³/mol. The van der Waals surface area contributed by atoms with E-state index >= 15 is 0 Å². The highest BCUT2D eigenvalue weighted by atomic mass is 32.1. The van der Waals surface area contributed by atoms with Crippen molar-refractivity contribution in [3.63, 3.8) is 0 Å². The molecule has 14 heavy (non-hydrogen) atoms. The molecule has 0 aliphatic rings. The number of para-hydroxylation sites is 1. The van der Waals surface area contributed by atoms with Crippen LogP contribution in [0.1, 0.15) is 16.6 Å². The zero-order valence-electron chi connectivity index (χ0n) is 7.42. The molecule has 0 fully saturated rings. The van der Waals surface area contributed by atoms with Crippen LogP contribution in [-0.4, -0.2) is 10.1 Å². The van der Waals surface area contributed by atoms with Gasteiger partial charge in [-0.05, 0) is 6.07 Å². The Hall–Kier alpha value is -1.39. The highest BCUT2D eigenvalue weighted by molar-refractivity contribution is 7.09. The summed E-state index contributed by atoms with van der Waals surface area (Å²) in [6, 6.07) is 6.72. The molecule has 0 aliphatic heterocycles. The van der Waals surface area contributed by atoms with Gasteiger partial charge in [0.15, 0.2) is 0 Å². The number of phenolic OH excluding ortho intramolecular Hbond substituents is 1. The Morgan fingerprint density at radius 3 is 2.79 bits per heavy atom. The normalized spacial score (nSPS) is 12.6. The van der Waals surface area contributed by atoms with Crippen molar-refractivity contribution in [2.75, 3.05) is 0 Å². The first-order valence-electron chi connectivity index (χ1n) is 4.22. The third kappa shape index (κ3) is 1.62. The van der Waals surface area contributed by atoms with E-state index in [0.717, 1.165) is 5.01 Å². The monoisotopic (exact) mass is 206 g/mol. The molecule has 0 bridgehead atoms. The number of nitrogens with zero attached hydrogens (tertiary/aromatic N) is 1. The summed E-state index contributed by atoms with van der Waals surface area (Å²) in [7, 11) is 0. The van der Waals surface area contributed by atoms with E-state index in [9.17, 15) is 5.11 Å².